The number of rotatable bonds is 5. The number of nitrogens with zero attached hydrogens (tertiary/aromatic N) is 3. The van der Waals surface area contributed by atoms with Gasteiger partial charge in [-0.2, -0.15) is 0 Å². The van der Waals surface area contributed by atoms with Gasteiger partial charge in [0.25, 0.3) is 0 Å². The third-order valence-electron chi connectivity index (χ3n) is 6.09. The van der Waals surface area contributed by atoms with Gasteiger partial charge < -0.3 is 9.15 Å². The summed E-state index contributed by atoms with van der Waals surface area (Å²) >= 11 is 0. The highest BCUT2D eigenvalue weighted by Crippen LogP contribution is 2.42. The first-order valence-electron chi connectivity index (χ1n) is 15.1. The quantitative estimate of drug-likeness (QED) is 0.167. The van der Waals surface area contributed by atoms with Gasteiger partial charge in [0, 0.05) is 29.9 Å². The van der Waals surface area contributed by atoms with Crippen molar-refractivity contribution in [3.05, 3.63) is 87.9 Å². The lowest BCUT2D eigenvalue weighted by Crippen LogP contribution is -2.10. The molecule has 2 heterocycles. The standard InChI is InChI=1S/C32H33N3O4/c1-19-18-33-25(15-21(19)17-31(2,3)4)23-9-8-10-26(35(36)37)29(23)38-22-13-11-20-12-14-27-28(24(20)16-22)34-30(39-27)32(5,6)7/h8-16,18H,17H2,1-7H3/i1D3,17D2. The molecule has 7 nitrogen and oxygen atoms in total. The van der Waals surface area contributed by atoms with E-state index in [-0.39, 0.29) is 39.2 Å². The van der Waals surface area contributed by atoms with E-state index in [1.165, 1.54) is 18.2 Å². The van der Waals surface area contributed by atoms with E-state index in [2.05, 4.69) is 4.98 Å². The first-order valence-corrected chi connectivity index (χ1v) is 12.6. The number of pyridine rings is 1. The van der Waals surface area contributed by atoms with Gasteiger partial charge in [-0.05, 0) is 65.5 Å². The molecule has 0 bridgehead atoms. The Hall–Kier alpha value is -4.26. The van der Waals surface area contributed by atoms with E-state index in [0.29, 0.717) is 22.7 Å². The molecule has 0 saturated heterocycles. The Labute approximate surface area is 235 Å². The molecular weight excluding hydrogens is 490 g/mol. The monoisotopic (exact) mass is 528 g/mol. The summed E-state index contributed by atoms with van der Waals surface area (Å²) in [6.45, 7) is 8.40. The van der Waals surface area contributed by atoms with E-state index in [9.17, 15) is 10.1 Å². The Balaban J connectivity index is 1.69. The molecule has 200 valence electrons. The SMILES string of the molecule is [2H]C([2H])([2H])c1cnc(-c2cccc([N+](=O)[O-])c2Oc2ccc3ccc4oc(C(C)(C)C)nc4c3c2)cc1C([2H])([2H])C(C)(C)C. The van der Waals surface area contributed by atoms with Crippen LogP contribution in [-0.4, -0.2) is 14.9 Å². The van der Waals surface area contributed by atoms with Crippen molar-refractivity contribution in [2.75, 3.05) is 0 Å². The fourth-order valence-electron chi connectivity index (χ4n) is 4.28. The maximum absolute atomic E-state index is 12.2. The van der Waals surface area contributed by atoms with Crippen LogP contribution in [-0.2, 0) is 11.8 Å². The van der Waals surface area contributed by atoms with E-state index in [0.717, 1.165) is 17.0 Å². The Morgan fingerprint density at radius 1 is 1.08 bits per heavy atom. The Morgan fingerprint density at radius 2 is 1.85 bits per heavy atom. The molecule has 0 N–H and O–H groups in total. The predicted octanol–water partition coefficient (Wildman–Crippen LogP) is 8.94. The lowest BCUT2D eigenvalue weighted by atomic mass is 9.86. The Kier molecular flexibility index (Phi) is 5.03. The zero-order valence-corrected chi connectivity index (χ0v) is 22.7. The van der Waals surface area contributed by atoms with E-state index in [1.807, 2.05) is 39.0 Å². The van der Waals surface area contributed by atoms with Gasteiger partial charge >= 0.3 is 5.69 Å². The molecule has 0 atom stereocenters. The summed E-state index contributed by atoms with van der Waals surface area (Å²) in [6, 6.07) is 14.7. The van der Waals surface area contributed by atoms with Crippen LogP contribution in [0.25, 0.3) is 33.1 Å². The van der Waals surface area contributed by atoms with Crippen molar-refractivity contribution >= 4 is 27.6 Å². The molecule has 2 aromatic heterocycles. The van der Waals surface area contributed by atoms with Gasteiger partial charge in [-0.25, -0.2) is 4.98 Å². The summed E-state index contributed by atoms with van der Waals surface area (Å²) in [7, 11) is 0. The lowest BCUT2D eigenvalue weighted by molar-refractivity contribution is -0.385. The van der Waals surface area contributed by atoms with Crippen LogP contribution in [0.15, 0.2) is 65.2 Å². The van der Waals surface area contributed by atoms with E-state index in [4.69, 9.17) is 21.0 Å². The van der Waals surface area contributed by atoms with Gasteiger partial charge in [0.2, 0.25) is 11.6 Å². The van der Waals surface area contributed by atoms with Gasteiger partial charge in [0.1, 0.15) is 11.3 Å². The number of aryl methyl sites for hydroxylation is 1. The maximum atomic E-state index is 12.2. The number of aromatic nitrogens is 2. The third-order valence-corrected chi connectivity index (χ3v) is 6.09. The first kappa shape index (κ1) is 20.7. The molecule has 7 heteroatoms. The first-order chi connectivity index (χ1) is 20.3. The van der Waals surface area contributed by atoms with E-state index in [1.54, 1.807) is 39.0 Å². The average Bonchev–Trinajstić information content (AvgIpc) is 3.37. The second kappa shape index (κ2) is 9.49. The fraction of sp³-hybridized carbons (Fsp3) is 0.312. The second-order valence-electron chi connectivity index (χ2n) is 11.6. The number of hydrogen-bond acceptors (Lipinski definition) is 6. The number of nitro benzene ring substituents is 1. The zero-order chi connectivity index (χ0) is 32.4. The fourth-order valence-corrected chi connectivity index (χ4v) is 4.28. The zero-order valence-electron chi connectivity index (χ0n) is 27.7. The van der Waals surface area contributed by atoms with Crippen LogP contribution in [0, 0.1) is 22.4 Å². The van der Waals surface area contributed by atoms with Crippen LogP contribution in [0.2, 0.25) is 0 Å². The normalized spacial score (nSPS) is 14.9. The number of oxazole rings is 1. The van der Waals surface area contributed by atoms with Gasteiger partial charge in [-0.1, -0.05) is 59.7 Å². The number of para-hydroxylation sites is 1. The smallest absolute Gasteiger partial charge is 0.312 e. The molecule has 0 unspecified atom stereocenters. The van der Waals surface area contributed by atoms with E-state index < -0.39 is 23.6 Å². The van der Waals surface area contributed by atoms with Crippen LogP contribution in [0.5, 0.6) is 11.5 Å². The number of benzene rings is 3. The maximum Gasteiger partial charge on any atom is 0.312 e. The van der Waals surface area contributed by atoms with Crippen LogP contribution in [0.1, 0.15) is 65.4 Å². The van der Waals surface area contributed by atoms with Crippen LogP contribution in [0.4, 0.5) is 5.69 Å². The lowest BCUT2D eigenvalue weighted by Gasteiger charge is -2.20. The molecule has 0 aliphatic carbocycles. The minimum atomic E-state index is -2.63. The summed E-state index contributed by atoms with van der Waals surface area (Å²) in [5.74, 6) is 0.756. The van der Waals surface area contributed by atoms with Crippen LogP contribution >= 0.6 is 0 Å². The molecule has 5 aromatic rings. The minimum absolute atomic E-state index is 0.0683. The van der Waals surface area contributed by atoms with Crippen LogP contribution in [0.3, 0.4) is 0 Å². The molecule has 0 aliphatic rings. The molecule has 3 aromatic carbocycles. The molecule has 0 saturated carbocycles. The van der Waals surface area contributed by atoms with Crippen molar-refractivity contribution in [3.63, 3.8) is 0 Å². The Morgan fingerprint density at radius 3 is 2.54 bits per heavy atom. The van der Waals surface area contributed by atoms with Crippen molar-refractivity contribution in [1.82, 2.24) is 9.97 Å². The van der Waals surface area contributed by atoms with Crippen molar-refractivity contribution in [2.45, 2.75) is 60.2 Å². The molecule has 0 radical (unpaired) electrons. The van der Waals surface area contributed by atoms with Crippen molar-refractivity contribution in [2.24, 2.45) is 5.41 Å². The highest BCUT2D eigenvalue weighted by Gasteiger charge is 2.24. The van der Waals surface area contributed by atoms with Gasteiger partial charge in [0.15, 0.2) is 5.58 Å². The largest absolute Gasteiger partial charge is 0.449 e. The molecule has 0 amide bonds. The minimum Gasteiger partial charge on any atom is -0.449 e. The van der Waals surface area contributed by atoms with Crippen molar-refractivity contribution in [3.8, 4) is 22.8 Å². The summed E-state index contributed by atoms with van der Waals surface area (Å²) in [5, 5.41) is 13.8. The Bertz CT molecular complexity index is 1920. The number of hydrogen-bond donors (Lipinski definition) is 0. The molecular formula is C32H33N3O4. The van der Waals surface area contributed by atoms with Gasteiger partial charge in [-0.3, -0.25) is 15.1 Å². The van der Waals surface area contributed by atoms with Crippen molar-refractivity contribution < 1.29 is 20.9 Å². The highest BCUT2D eigenvalue weighted by molar-refractivity contribution is 6.04. The summed E-state index contributed by atoms with van der Waals surface area (Å²) in [4.78, 5) is 20.7. The molecule has 0 spiro atoms. The molecule has 5 rings (SSSR count). The van der Waals surface area contributed by atoms with Gasteiger partial charge in [-0.15, -0.1) is 0 Å². The number of ether oxygens (including phenoxy) is 1. The molecule has 39 heavy (non-hydrogen) atoms. The number of fused-ring (bicyclic) bond motifs is 3. The molecule has 0 aliphatic heterocycles. The third kappa shape index (κ3) is 5.35. The molecule has 0 fully saturated rings. The second-order valence-corrected chi connectivity index (χ2v) is 11.6. The number of nitro groups is 1. The average molecular weight is 529 g/mol. The topological polar surface area (TPSA) is 91.3 Å². The van der Waals surface area contributed by atoms with Crippen LogP contribution < -0.4 is 4.74 Å². The predicted molar refractivity (Wildman–Crippen MR) is 155 cm³/mol. The summed E-state index contributed by atoms with van der Waals surface area (Å²) in [5.41, 5.74) is -0.343. The highest BCUT2D eigenvalue weighted by atomic mass is 16.6. The van der Waals surface area contributed by atoms with Crippen molar-refractivity contribution in [1.29, 1.82) is 0 Å². The summed E-state index contributed by atoms with van der Waals surface area (Å²) in [6.07, 6.45) is -0.961. The van der Waals surface area contributed by atoms with Gasteiger partial charge in [0.05, 0.1) is 16.2 Å². The van der Waals surface area contributed by atoms with E-state index >= 15 is 0 Å². The summed E-state index contributed by atoms with van der Waals surface area (Å²) < 4.78 is 54.0.